The van der Waals surface area contributed by atoms with E-state index in [0.29, 0.717) is 11.7 Å². The van der Waals surface area contributed by atoms with Crippen LogP contribution in [0.4, 0.5) is 0 Å². The van der Waals surface area contributed by atoms with Gasteiger partial charge >= 0.3 is 5.92 Å². The fourth-order valence-corrected chi connectivity index (χ4v) is 6.39. The van der Waals surface area contributed by atoms with E-state index >= 15 is 0 Å². The summed E-state index contributed by atoms with van der Waals surface area (Å²) in [5.74, 6) is -2.22. The first-order valence-corrected chi connectivity index (χ1v) is 12.4. The second-order valence-electron chi connectivity index (χ2n) is 7.01. The molecule has 0 aromatic heterocycles. The van der Waals surface area contributed by atoms with Gasteiger partial charge in [0.1, 0.15) is 5.75 Å². The summed E-state index contributed by atoms with van der Waals surface area (Å²) in [5, 5.41) is 0. The molecule has 136 valence electrons. The van der Waals surface area contributed by atoms with E-state index in [9.17, 15) is 4.57 Å². The Labute approximate surface area is 160 Å². The molecule has 0 fully saturated rings. The maximum atomic E-state index is 13.0. The summed E-state index contributed by atoms with van der Waals surface area (Å²) in [6.45, 7) is 12.4. The van der Waals surface area contributed by atoms with E-state index in [1.54, 1.807) is 0 Å². The summed E-state index contributed by atoms with van der Waals surface area (Å²) in [4.78, 5) is 0.923. The van der Waals surface area contributed by atoms with Crippen molar-refractivity contribution in [2.45, 2.75) is 58.3 Å². The molecular weight excluding hydrogens is 371 g/mol. The molecule has 1 atom stereocenters. The Morgan fingerprint density at radius 2 is 1.44 bits per heavy atom. The SMILES string of the molecule is Cc1ccc(C(C)C)c(OP(=O)(Cl)Sc2cc(C)ccc2C(C)C)c1. The third kappa shape index (κ3) is 5.54. The zero-order valence-electron chi connectivity index (χ0n) is 15.7. The van der Waals surface area contributed by atoms with Crippen molar-refractivity contribution in [2.24, 2.45) is 0 Å². The lowest BCUT2D eigenvalue weighted by molar-refractivity contribution is 0.509. The molecular formula is C20H26ClO2PS. The van der Waals surface area contributed by atoms with Gasteiger partial charge in [-0.2, -0.15) is 0 Å². The average Bonchev–Trinajstić information content (AvgIpc) is 2.45. The topological polar surface area (TPSA) is 26.3 Å². The number of hydrogen-bond acceptors (Lipinski definition) is 3. The van der Waals surface area contributed by atoms with E-state index in [1.807, 2.05) is 38.1 Å². The van der Waals surface area contributed by atoms with E-state index in [1.165, 1.54) is 0 Å². The highest BCUT2D eigenvalue weighted by Crippen LogP contribution is 2.67. The van der Waals surface area contributed by atoms with Gasteiger partial charge in [-0.1, -0.05) is 52.0 Å². The first-order valence-electron chi connectivity index (χ1n) is 8.49. The Morgan fingerprint density at radius 3 is 2.00 bits per heavy atom. The predicted molar refractivity (Wildman–Crippen MR) is 110 cm³/mol. The largest absolute Gasteiger partial charge is 0.425 e. The zero-order chi connectivity index (χ0) is 18.8. The molecule has 0 amide bonds. The van der Waals surface area contributed by atoms with Crippen molar-refractivity contribution in [1.29, 1.82) is 0 Å². The highest BCUT2D eigenvalue weighted by Gasteiger charge is 2.27. The van der Waals surface area contributed by atoms with E-state index in [0.717, 1.165) is 38.5 Å². The van der Waals surface area contributed by atoms with Gasteiger partial charge in [0.05, 0.1) is 0 Å². The van der Waals surface area contributed by atoms with Gasteiger partial charge in [-0.05, 0) is 82.7 Å². The van der Waals surface area contributed by atoms with Gasteiger partial charge in [0.2, 0.25) is 0 Å². The quantitative estimate of drug-likeness (QED) is 0.461. The molecule has 0 saturated carbocycles. The summed E-state index contributed by atoms with van der Waals surface area (Å²) in [7, 11) is 0. The zero-order valence-corrected chi connectivity index (χ0v) is 18.1. The number of hydrogen-bond donors (Lipinski definition) is 0. The lowest BCUT2D eigenvalue weighted by Crippen LogP contribution is -1.96. The monoisotopic (exact) mass is 396 g/mol. The molecule has 0 spiro atoms. The number of aryl methyl sites for hydroxylation is 2. The minimum absolute atomic E-state index is 0.266. The first-order chi connectivity index (χ1) is 11.6. The van der Waals surface area contributed by atoms with Gasteiger partial charge in [-0.15, -0.1) is 0 Å². The van der Waals surface area contributed by atoms with Crippen molar-refractivity contribution in [3.63, 3.8) is 0 Å². The fraction of sp³-hybridized carbons (Fsp3) is 0.400. The van der Waals surface area contributed by atoms with Crippen molar-refractivity contribution in [2.75, 3.05) is 0 Å². The molecule has 0 saturated heterocycles. The van der Waals surface area contributed by atoms with Crippen LogP contribution in [0.3, 0.4) is 0 Å². The molecule has 2 rings (SSSR count). The van der Waals surface area contributed by atoms with Crippen LogP contribution in [0.5, 0.6) is 5.75 Å². The van der Waals surface area contributed by atoms with Crippen molar-refractivity contribution >= 4 is 28.5 Å². The molecule has 5 heteroatoms. The summed E-state index contributed by atoms with van der Waals surface area (Å²) in [5.41, 5.74) is 4.32. The van der Waals surface area contributed by atoms with Crippen LogP contribution in [0, 0.1) is 13.8 Å². The van der Waals surface area contributed by atoms with Gasteiger partial charge in [0.25, 0.3) is 0 Å². The predicted octanol–water partition coefficient (Wildman–Crippen LogP) is 8.07. The third-order valence-electron chi connectivity index (χ3n) is 4.00. The first kappa shape index (κ1) is 20.4. The number of benzene rings is 2. The van der Waals surface area contributed by atoms with Gasteiger partial charge in [0.15, 0.2) is 0 Å². The summed E-state index contributed by atoms with van der Waals surface area (Å²) in [6, 6.07) is 12.1. The standard InChI is InChI=1S/C20H26ClO2PS/c1-13(2)17-9-7-15(5)11-19(17)23-24(21,22)25-20-12-16(6)8-10-18(20)14(3)4/h7-14H,1-6H3. The van der Waals surface area contributed by atoms with Crippen LogP contribution >= 0.6 is 28.5 Å². The molecule has 2 aromatic rings. The molecule has 2 aromatic carbocycles. The van der Waals surface area contributed by atoms with Crippen LogP contribution in [-0.4, -0.2) is 0 Å². The summed E-state index contributed by atoms with van der Waals surface area (Å²) >= 11 is 7.49. The highest BCUT2D eigenvalue weighted by molar-refractivity contribution is 8.64. The minimum atomic E-state index is -3.42. The molecule has 25 heavy (non-hydrogen) atoms. The Morgan fingerprint density at radius 1 is 0.920 bits per heavy atom. The van der Waals surface area contributed by atoms with Gasteiger partial charge in [-0.3, -0.25) is 0 Å². The summed E-state index contributed by atoms with van der Waals surface area (Å²) < 4.78 is 18.9. The molecule has 0 heterocycles. The fourth-order valence-electron chi connectivity index (χ4n) is 2.65. The second-order valence-corrected chi connectivity index (χ2v) is 12.6. The molecule has 0 bridgehead atoms. The van der Waals surface area contributed by atoms with Crippen LogP contribution in [-0.2, 0) is 4.57 Å². The van der Waals surface area contributed by atoms with Crippen LogP contribution in [0.1, 0.15) is 61.8 Å². The Balaban J connectivity index is 2.34. The van der Waals surface area contributed by atoms with Gasteiger partial charge < -0.3 is 4.52 Å². The lowest BCUT2D eigenvalue weighted by Gasteiger charge is -2.19. The van der Waals surface area contributed by atoms with Crippen molar-refractivity contribution in [3.05, 3.63) is 58.7 Å². The van der Waals surface area contributed by atoms with Crippen molar-refractivity contribution in [3.8, 4) is 5.75 Å². The van der Waals surface area contributed by atoms with Crippen LogP contribution < -0.4 is 4.52 Å². The lowest BCUT2D eigenvalue weighted by atomic mass is 10.0. The third-order valence-corrected chi connectivity index (χ3v) is 7.48. The van der Waals surface area contributed by atoms with E-state index < -0.39 is 5.92 Å². The molecule has 0 aliphatic carbocycles. The molecule has 0 aliphatic heterocycles. The van der Waals surface area contributed by atoms with E-state index in [4.69, 9.17) is 15.8 Å². The Hall–Kier alpha value is -0.890. The average molecular weight is 397 g/mol. The van der Waals surface area contributed by atoms with Crippen LogP contribution in [0.25, 0.3) is 0 Å². The number of rotatable bonds is 6. The second kappa shape index (κ2) is 8.20. The summed E-state index contributed by atoms with van der Waals surface area (Å²) in [6.07, 6.45) is 0. The highest BCUT2D eigenvalue weighted by atomic mass is 35.7. The van der Waals surface area contributed by atoms with Gasteiger partial charge in [-0.25, -0.2) is 4.57 Å². The normalized spacial score (nSPS) is 14.0. The number of halogens is 1. The Kier molecular flexibility index (Phi) is 6.70. The molecule has 2 nitrogen and oxygen atoms in total. The van der Waals surface area contributed by atoms with Crippen molar-refractivity contribution < 1.29 is 9.09 Å². The minimum Gasteiger partial charge on any atom is -0.425 e. The van der Waals surface area contributed by atoms with E-state index in [-0.39, 0.29) is 5.92 Å². The van der Waals surface area contributed by atoms with Crippen molar-refractivity contribution in [1.82, 2.24) is 0 Å². The molecule has 0 N–H and O–H groups in total. The molecule has 0 radical (unpaired) electrons. The van der Waals surface area contributed by atoms with E-state index in [2.05, 4.69) is 39.8 Å². The maximum Gasteiger partial charge on any atom is 0.398 e. The Bertz CT molecular complexity index is 739. The maximum absolute atomic E-state index is 13.0. The van der Waals surface area contributed by atoms with Crippen LogP contribution in [0.2, 0.25) is 0 Å². The molecule has 1 unspecified atom stereocenters. The molecule has 0 aliphatic rings. The van der Waals surface area contributed by atoms with Crippen LogP contribution in [0.15, 0.2) is 41.3 Å². The smallest absolute Gasteiger partial charge is 0.398 e. The van der Waals surface area contributed by atoms with Gasteiger partial charge in [0, 0.05) is 4.90 Å².